The maximum atomic E-state index is 12.4. The molecule has 0 saturated carbocycles. The Labute approximate surface area is 195 Å². The van der Waals surface area contributed by atoms with Gasteiger partial charge < -0.3 is 24.4 Å². The SMILES string of the molecule is CCOC(=O)c1ccc(NC(=O)COC(=O)[C@@H]2CC(=O)N(c3ccc(C(=O)OC)cc3)C2)cc1. The number of rotatable bonds is 8. The van der Waals surface area contributed by atoms with E-state index in [0.29, 0.717) is 22.5 Å². The first-order valence-corrected chi connectivity index (χ1v) is 10.5. The van der Waals surface area contributed by atoms with Gasteiger partial charge in [-0.2, -0.15) is 0 Å². The van der Waals surface area contributed by atoms with Gasteiger partial charge in [0.25, 0.3) is 5.91 Å². The fraction of sp³-hybridized carbons (Fsp3) is 0.292. The Hall–Kier alpha value is -4.21. The molecule has 0 aromatic heterocycles. The third-order valence-corrected chi connectivity index (χ3v) is 5.08. The van der Waals surface area contributed by atoms with E-state index in [1.807, 2.05) is 0 Å². The van der Waals surface area contributed by atoms with Gasteiger partial charge in [0.2, 0.25) is 5.91 Å². The number of nitrogens with zero attached hydrogens (tertiary/aromatic N) is 1. The van der Waals surface area contributed by atoms with E-state index in [1.54, 1.807) is 19.1 Å². The lowest BCUT2D eigenvalue weighted by Crippen LogP contribution is -2.28. The summed E-state index contributed by atoms with van der Waals surface area (Å²) in [6.07, 6.45) is -0.0471. The first-order chi connectivity index (χ1) is 16.3. The van der Waals surface area contributed by atoms with Gasteiger partial charge in [-0.1, -0.05) is 0 Å². The average molecular weight is 468 g/mol. The predicted octanol–water partition coefficient (Wildman–Crippen LogP) is 2.18. The largest absolute Gasteiger partial charge is 0.465 e. The van der Waals surface area contributed by atoms with Crippen molar-refractivity contribution < 1.29 is 38.2 Å². The van der Waals surface area contributed by atoms with Gasteiger partial charge in [-0.25, -0.2) is 9.59 Å². The average Bonchev–Trinajstić information content (AvgIpc) is 3.24. The maximum Gasteiger partial charge on any atom is 0.338 e. The van der Waals surface area contributed by atoms with Gasteiger partial charge >= 0.3 is 17.9 Å². The third kappa shape index (κ3) is 5.97. The molecule has 0 aliphatic carbocycles. The second-order valence-corrected chi connectivity index (χ2v) is 7.40. The number of carbonyl (C=O) groups is 5. The number of nitrogens with one attached hydrogen (secondary N) is 1. The Kier molecular flexibility index (Phi) is 7.96. The lowest BCUT2D eigenvalue weighted by atomic mass is 10.1. The lowest BCUT2D eigenvalue weighted by molar-refractivity contribution is -0.151. The van der Waals surface area contributed by atoms with Crippen LogP contribution in [0.1, 0.15) is 34.1 Å². The Balaban J connectivity index is 1.49. The molecule has 2 amide bonds. The summed E-state index contributed by atoms with van der Waals surface area (Å²) >= 11 is 0. The third-order valence-electron chi connectivity index (χ3n) is 5.08. The summed E-state index contributed by atoms with van der Waals surface area (Å²) in [5.41, 5.74) is 1.65. The summed E-state index contributed by atoms with van der Waals surface area (Å²) in [5, 5.41) is 2.57. The maximum absolute atomic E-state index is 12.4. The topological polar surface area (TPSA) is 128 Å². The first kappa shape index (κ1) is 24.4. The Bertz CT molecular complexity index is 1080. The molecule has 0 bridgehead atoms. The van der Waals surface area contributed by atoms with Gasteiger partial charge in [-0.3, -0.25) is 14.4 Å². The molecule has 2 aromatic rings. The Morgan fingerprint density at radius 2 is 1.56 bits per heavy atom. The number of carbonyl (C=O) groups excluding carboxylic acids is 5. The number of hydrogen-bond donors (Lipinski definition) is 1. The minimum atomic E-state index is -0.718. The molecule has 1 aliphatic rings. The molecule has 0 radical (unpaired) electrons. The number of methoxy groups -OCH3 is 1. The van der Waals surface area contributed by atoms with E-state index in [-0.39, 0.29) is 25.5 Å². The quantitative estimate of drug-likeness (QED) is 0.461. The summed E-state index contributed by atoms with van der Waals surface area (Å²) in [4.78, 5) is 61.5. The normalized spacial score (nSPS) is 14.9. The highest BCUT2D eigenvalue weighted by molar-refractivity contribution is 6.00. The van der Waals surface area contributed by atoms with Crippen LogP contribution < -0.4 is 10.2 Å². The Morgan fingerprint density at radius 3 is 2.18 bits per heavy atom. The van der Waals surface area contributed by atoms with Gasteiger partial charge in [0.1, 0.15) is 0 Å². The van der Waals surface area contributed by atoms with Crippen molar-refractivity contribution in [2.75, 3.05) is 37.1 Å². The number of amides is 2. The predicted molar refractivity (Wildman–Crippen MR) is 120 cm³/mol. The van der Waals surface area contributed by atoms with Crippen LogP contribution in [0.25, 0.3) is 0 Å². The van der Waals surface area contributed by atoms with E-state index in [2.05, 4.69) is 10.1 Å². The van der Waals surface area contributed by atoms with Crippen LogP contribution in [0.2, 0.25) is 0 Å². The van der Waals surface area contributed by atoms with Crippen molar-refractivity contribution in [3.8, 4) is 0 Å². The number of hydrogen-bond acceptors (Lipinski definition) is 8. The highest BCUT2D eigenvalue weighted by atomic mass is 16.5. The van der Waals surface area contributed by atoms with Gasteiger partial charge in [0.05, 0.1) is 30.8 Å². The molecular formula is C24H24N2O8. The van der Waals surface area contributed by atoms with E-state index in [1.165, 1.54) is 48.4 Å². The van der Waals surface area contributed by atoms with Crippen molar-refractivity contribution in [2.45, 2.75) is 13.3 Å². The van der Waals surface area contributed by atoms with Crippen LogP contribution in [0.3, 0.4) is 0 Å². The first-order valence-electron chi connectivity index (χ1n) is 10.5. The molecule has 10 heteroatoms. The zero-order valence-corrected chi connectivity index (χ0v) is 18.7. The van der Waals surface area contributed by atoms with Gasteiger partial charge in [-0.15, -0.1) is 0 Å². The summed E-state index contributed by atoms with van der Waals surface area (Å²) in [6.45, 7) is 1.55. The number of esters is 3. The van der Waals surface area contributed by atoms with E-state index < -0.39 is 36.3 Å². The van der Waals surface area contributed by atoms with Crippen molar-refractivity contribution in [1.82, 2.24) is 0 Å². The van der Waals surface area contributed by atoms with Crippen molar-refractivity contribution >= 4 is 41.1 Å². The molecule has 3 rings (SSSR count). The summed E-state index contributed by atoms with van der Waals surface area (Å²) in [7, 11) is 1.28. The molecule has 1 atom stereocenters. The number of benzene rings is 2. The van der Waals surface area contributed by atoms with Gasteiger partial charge in [0.15, 0.2) is 6.61 Å². The van der Waals surface area contributed by atoms with Crippen LogP contribution in [0.5, 0.6) is 0 Å². The lowest BCUT2D eigenvalue weighted by Gasteiger charge is -2.16. The van der Waals surface area contributed by atoms with Crippen molar-refractivity contribution in [3.05, 3.63) is 59.7 Å². The molecule has 1 heterocycles. The standard InChI is InChI=1S/C24H24N2O8/c1-3-33-23(30)16-4-8-18(9-5-16)25-20(27)14-34-24(31)17-12-21(28)26(13-17)19-10-6-15(7-11-19)22(29)32-2/h4-11,17H,3,12-14H2,1-2H3,(H,25,27)/t17-/m1/s1. The van der Waals surface area contributed by atoms with Gasteiger partial charge in [0, 0.05) is 24.3 Å². The molecule has 10 nitrogen and oxygen atoms in total. The van der Waals surface area contributed by atoms with Crippen LogP contribution in [-0.4, -0.2) is 56.6 Å². The monoisotopic (exact) mass is 468 g/mol. The number of ether oxygens (including phenoxy) is 3. The minimum Gasteiger partial charge on any atom is -0.465 e. The fourth-order valence-electron chi connectivity index (χ4n) is 3.37. The molecule has 178 valence electrons. The Morgan fingerprint density at radius 1 is 0.941 bits per heavy atom. The van der Waals surface area contributed by atoms with E-state index in [4.69, 9.17) is 9.47 Å². The molecule has 2 aromatic carbocycles. The smallest absolute Gasteiger partial charge is 0.338 e. The van der Waals surface area contributed by atoms with Crippen LogP contribution in [0, 0.1) is 5.92 Å². The zero-order valence-electron chi connectivity index (χ0n) is 18.7. The number of anilines is 2. The minimum absolute atomic E-state index is 0.0471. The van der Waals surface area contributed by atoms with Crippen LogP contribution in [-0.2, 0) is 28.6 Å². The van der Waals surface area contributed by atoms with Crippen molar-refractivity contribution in [3.63, 3.8) is 0 Å². The van der Waals surface area contributed by atoms with Crippen molar-refractivity contribution in [2.24, 2.45) is 5.92 Å². The second kappa shape index (κ2) is 11.1. The second-order valence-electron chi connectivity index (χ2n) is 7.40. The van der Waals surface area contributed by atoms with E-state index >= 15 is 0 Å². The van der Waals surface area contributed by atoms with E-state index in [0.717, 1.165) is 0 Å². The summed E-state index contributed by atoms with van der Waals surface area (Å²) in [6, 6.07) is 12.3. The summed E-state index contributed by atoms with van der Waals surface area (Å²) < 4.78 is 14.6. The molecule has 1 fully saturated rings. The summed E-state index contributed by atoms with van der Waals surface area (Å²) in [5.74, 6) is -3.15. The molecule has 1 N–H and O–H groups in total. The van der Waals surface area contributed by atoms with Crippen LogP contribution in [0.4, 0.5) is 11.4 Å². The zero-order chi connectivity index (χ0) is 24.7. The van der Waals surface area contributed by atoms with E-state index in [9.17, 15) is 24.0 Å². The highest BCUT2D eigenvalue weighted by Crippen LogP contribution is 2.26. The molecule has 0 unspecified atom stereocenters. The van der Waals surface area contributed by atoms with Crippen LogP contribution >= 0.6 is 0 Å². The molecule has 1 saturated heterocycles. The molecular weight excluding hydrogens is 444 g/mol. The van der Waals surface area contributed by atoms with Gasteiger partial charge in [-0.05, 0) is 55.5 Å². The highest BCUT2D eigenvalue weighted by Gasteiger charge is 2.36. The molecule has 1 aliphatic heterocycles. The fourth-order valence-corrected chi connectivity index (χ4v) is 3.37. The van der Waals surface area contributed by atoms with Crippen molar-refractivity contribution in [1.29, 1.82) is 0 Å². The van der Waals surface area contributed by atoms with Crippen LogP contribution in [0.15, 0.2) is 48.5 Å². The molecule has 0 spiro atoms. The molecule has 34 heavy (non-hydrogen) atoms.